The van der Waals surface area contributed by atoms with E-state index in [0.717, 1.165) is 24.2 Å². The number of halogens is 1. The smallest absolute Gasteiger partial charge is 0.358 e. The van der Waals surface area contributed by atoms with Gasteiger partial charge in [-0.3, -0.25) is 4.79 Å². The Hall–Kier alpha value is -1.63. The fraction of sp³-hybridized carbons (Fsp3) is 0.789. The first-order valence-corrected chi connectivity index (χ1v) is 10.4. The minimum Gasteiger partial charge on any atom is -0.358 e. The minimum absolute atomic E-state index is 0.000857. The van der Waals surface area contributed by atoms with Crippen molar-refractivity contribution in [3.63, 3.8) is 0 Å². The molecule has 0 saturated heterocycles. The molecule has 4 aliphatic rings. The summed E-state index contributed by atoms with van der Waals surface area (Å²) in [5.41, 5.74) is 0.684. The zero-order valence-electron chi connectivity index (χ0n) is 15.9. The Kier molecular flexibility index (Phi) is 4.69. The molecular weight excluding hydrogens is 368 g/mol. The van der Waals surface area contributed by atoms with Crippen LogP contribution in [0.5, 0.6) is 0 Å². The quantitative estimate of drug-likeness (QED) is 0.585. The number of nitro groups is 1. The topological polar surface area (TPSA) is 90.1 Å². The van der Waals surface area contributed by atoms with Crippen LogP contribution in [-0.2, 0) is 11.3 Å². The first-order valence-electron chi connectivity index (χ1n) is 9.98. The Balaban J connectivity index is 1.47. The molecule has 0 spiro atoms. The second kappa shape index (κ2) is 6.76. The number of carbonyl (C=O) groups is 1. The Morgan fingerprint density at radius 3 is 2.33 bits per heavy atom. The van der Waals surface area contributed by atoms with Crippen LogP contribution in [0.25, 0.3) is 0 Å². The Morgan fingerprint density at radius 1 is 1.33 bits per heavy atom. The molecule has 0 aliphatic heterocycles. The first-order chi connectivity index (χ1) is 12.8. The number of hydrogen-bond donors (Lipinski definition) is 1. The van der Waals surface area contributed by atoms with Gasteiger partial charge in [-0.05, 0) is 80.0 Å². The van der Waals surface area contributed by atoms with Crippen molar-refractivity contribution in [1.82, 2.24) is 15.1 Å². The number of hydrogen-bond acceptors (Lipinski definition) is 4. The van der Waals surface area contributed by atoms with Crippen LogP contribution < -0.4 is 5.32 Å². The molecule has 4 fully saturated rings. The molecule has 7 nitrogen and oxygen atoms in total. The minimum atomic E-state index is -0.617. The number of aromatic nitrogens is 2. The summed E-state index contributed by atoms with van der Waals surface area (Å²) < 4.78 is 1.34. The highest BCUT2D eigenvalue weighted by Gasteiger charge is 2.54. The van der Waals surface area contributed by atoms with Crippen molar-refractivity contribution < 1.29 is 9.72 Å². The maximum atomic E-state index is 12.7. The van der Waals surface area contributed by atoms with Gasteiger partial charge >= 0.3 is 5.82 Å². The van der Waals surface area contributed by atoms with Crippen LogP contribution >= 0.6 is 11.6 Å². The average Bonchev–Trinajstić information content (AvgIpc) is 2.87. The van der Waals surface area contributed by atoms with Crippen molar-refractivity contribution in [2.45, 2.75) is 71.4 Å². The van der Waals surface area contributed by atoms with E-state index in [1.165, 1.54) is 43.2 Å². The van der Waals surface area contributed by atoms with Gasteiger partial charge in [0.05, 0.1) is 10.8 Å². The lowest BCUT2D eigenvalue weighted by Gasteiger charge is -2.59. The van der Waals surface area contributed by atoms with Gasteiger partial charge in [-0.1, -0.05) is 18.5 Å². The van der Waals surface area contributed by atoms with Gasteiger partial charge in [0, 0.05) is 6.04 Å². The molecule has 1 N–H and O–H groups in total. The first kappa shape index (κ1) is 18.7. The third-order valence-corrected chi connectivity index (χ3v) is 7.59. The molecule has 1 heterocycles. The summed E-state index contributed by atoms with van der Waals surface area (Å²) in [5, 5.41) is 18.1. The Morgan fingerprint density at radius 2 is 1.89 bits per heavy atom. The largest absolute Gasteiger partial charge is 0.408 e. The third kappa shape index (κ3) is 3.24. The summed E-state index contributed by atoms with van der Waals surface area (Å²) >= 11 is 5.98. The lowest BCUT2D eigenvalue weighted by Crippen LogP contribution is -2.57. The van der Waals surface area contributed by atoms with Crippen molar-refractivity contribution >= 4 is 23.3 Å². The van der Waals surface area contributed by atoms with Crippen molar-refractivity contribution in [2.75, 3.05) is 0 Å². The van der Waals surface area contributed by atoms with E-state index in [1.807, 2.05) is 0 Å². The van der Waals surface area contributed by atoms with Gasteiger partial charge in [0.1, 0.15) is 6.54 Å². The van der Waals surface area contributed by atoms with Crippen LogP contribution in [0.3, 0.4) is 0 Å². The van der Waals surface area contributed by atoms with Crippen molar-refractivity contribution in [1.29, 1.82) is 0 Å². The molecule has 4 bridgehead atoms. The maximum absolute atomic E-state index is 12.7. The van der Waals surface area contributed by atoms with Gasteiger partial charge in [0.2, 0.25) is 5.91 Å². The summed E-state index contributed by atoms with van der Waals surface area (Å²) in [6.45, 7) is 3.75. The van der Waals surface area contributed by atoms with Crippen LogP contribution in [0.15, 0.2) is 0 Å². The number of rotatable bonds is 6. The fourth-order valence-electron chi connectivity index (χ4n) is 6.45. The molecule has 1 unspecified atom stereocenters. The standard InChI is InChI=1S/C19H27ClN4O3/c1-3-15(19-7-12-4-13(8-19)6-14(5-12)9-19)21-16(25)10-23-11(2)17(20)18(22-23)24(26)27/h12-15H,3-10H2,1-2H3,(H,21,25). The number of carbonyl (C=O) groups excluding carboxylic acids is 1. The molecule has 148 valence electrons. The molecule has 0 aromatic carbocycles. The lowest BCUT2D eigenvalue weighted by molar-refractivity contribution is -0.389. The molecular formula is C19H27ClN4O3. The third-order valence-electron chi connectivity index (χ3n) is 7.15. The van der Waals surface area contributed by atoms with Crippen LogP contribution in [0.4, 0.5) is 5.82 Å². The average molecular weight is 395 g/mol. The normalized spacial score (nSPS) is 32.5. The molecule has 1 atom stereocenters. The van der Waals surface area contributed by atoms with E-state index in [1.54, 1.807) is 6.92 Å². The molecule has 8 heteroatoms. The molecule has 0 radical (unpaired) electrons. The molecule has 27 heavy (non-hydrogen) atoms. The van der Waals surface area contributed by atoms with Crippen molar-refractivity contribution in [3.8, 4) is 0 Å². The van der Waals surface area contributed by atoms with Crippen LogP contribution in [0.1, 0.15) is 57.6 Å². The summed E-state index contributed by atoms with van der Waals surface area (Å²) in [6.07, 6.45) is 8.73. The summed E-state index contributed by atoms with van der Waals surface area (Å²) in [4.78, 5) is 23.1. The highest BCUT2D eigenvalue weighted by atomic mass is 35.5. The van der Waals surface area contributed by atoms with E-state index in [0.29, 0.717) is 5.69 Å². The van der Waals surface area contributed by atoms with Gasteiger partial charge < -0.3 is 15.4 Å². The zero-order valence-corrected chi connectivity index (χ0v) is 16.7. The van der Waals surface area contributed by atoms with Gasteiger partial charge in [0.15, 0.2) is 5.02 Å². The molecule has 1 aromatic rings. The summed E-state index contributed by atoms with van der Waals surface area (Å²) in [7, 11) is 0. The van der Waals surface area contributed by atoms with Crippen LogP contribution in [0, 0.1) is 40.2 Å². The second-order valence-corrected chi connectivity index (χ2v) is 9.32. The molecule has 4 aliphatic carbocycles. The predicted octanol–water partition coefficient (Wildman–Crippen LogP) is 3.86. The zero-order chi connectivity index (χ0) is 19.3. The SMILES string of the molecule is CCC(NC(=O)Cn1nc([N+](=O)[O-])c(Cl)c1C)C12CC3CC(CC(C3)C1)C2. The van der Waals surface area contributed by atoms with E-state index in [2.05, 4.69) is 17.3 Å². The fourth-order valence-corrected chi connectivity index (χ4v) is 6.65. The lowest BCUT2D eigenvalue weighted by atomic mass is 9.47. The Bertz CT molecular complexity index is 740. The number of nitrogens with one attached hydrogen (secondary N) is 1. The van der Waals surface area contributed by atoms with Crippen molar-refractivity contribution in [2.24, 2.45) is 23.2 Å². The highest BCUT2D eigenvalue weighted by molar-refractivity contribution is 6.33. The maximum Gasteiger partial charge on any atom is 0.408 e. The van der Waals surface area contributed by atoms with Gasteiger partial charge in [0.25, 0.3) is 0 Å². The van der Waals surface area contributed by atoms with E-state index in [4.69, 9.17) is 11.6 Å². The molecule has 4 saturated carbocycles. The summed E-state index contributed by atoms with van der Waals surface area (Å²) in [5.74, 6) is 1.95. The van der Waals surface area contributed by atoms with Crippen LogP contribution in [-0.4, -0.2) is 26.7 Å². The van der Waals surface area contributed by atoms with E-state index in [-0.39, 0.29) is 28.9 Å². The molecule has 1 amide bonds. The van der Waals surface area contributed by atoms with E-state index >= 15 is 0 Å². The predicted molar refractivity (Wildman–Crippen MR) is 101 cm³/mol. The summed E-state index contributed by atoms with van der Waals surface area (Å²) in [6, 6.07) is 0.166. The van der Waals surface area contributed by atoms with Crippen LogP contribution in [0.2, 0.25) is 5.02 Å². The number of nitrogens with zero attached hydrogens (tertiary/aromatic N) is 3. The number of amides is 1. The van der Waals surface area contributed by atoms with Crippen molar-refractivity contribution in [3.05, 3.63) is 20.8 Å². The van der Waals surface area contributed by atoms with Gasteiger partial charge in [-0.15, -0.1) is 0 Å². The van der Waals surface area contributed by atoms with Gasteiger partial charge in [-0.25, -0.2) is 0 Å². The van der Waals surface area contributed by atoms with Gasteiger partial charge in [-0.2, -0.15) is 4.68 Å². The highest BCUT2D eigenvalue weighted by Crippen LogP contribution is 2.61. The molecule has 1 aromatic heterocycles. The van der Waals surface area contributed by atoms with E-state index < -0.39 is 10.7 Å². The monoisotopic (exact) mass is 394 g/mol. The molecule has 5 rings (SSSR count). The second-order valence-electron chi connectivity index (χ2n) is 8.95. The Labute approximate surface area is 164 Å². The van der Waals surface area contributed by atoms with E-state index in [9.17, 15) is 14.9 Å².